The van der Waals surface area contributed by atoms with Crippen molar-refractivity contribution in [3.63, 3.8) is 0 Å². The van der Waals surface area contributed by atoms with Crippen LogP contribution in [-0.2, 0) is 10.0 Å². The number of methoxy groups -OCH3 is 1. The van der Waals surface area contributed by atoms with Crippen LogP contribution in [0.1, 0.15) is 30.6 Å². The summed E-state index contributed by atoms with van der Waals surface area (Å²) < 4.78 is 33.5. The summed E-state index contributed by atoms with van der Waals surface area (Å²) in [6.45, 7) is 3.85. The van der Waals surface area contributed by atoms with Gasteiger partial charge in [0, 0.05) is 6.04 Å². The number of hydrogen-bond acceptors (Lipinski definition) is 4. The Labute approximate surface area is 162 Å². The molecule has 0 spiro atoms. The summed E-state index contributed by atoms with van der Waals surface area (Å²) in [4.78, 5) is 12.5. The van der Waals surface area contributed by atoms with E-state index in [1.807, 2.05) is 13.8 Å². The highest BCUT2D eigenvalue weighted by molar-refractivity contribution is 9.10. The number of hydrogen-bond donors (Lipinski definition) is 2. The summed E-state index contributed by atoms with van der Waals surface area (Å²) in [6, 6.07) is 10.9. The average molecular weight is 441 g/mol. The van der Waals surface area contributed by atoms with Crippen molar-refractivity contribution in [2.24, 2.45) is 0 Å². The number of rotatable bonds is 7. The van der Waals surface area contributed by atoms with Crippen molar-refractivity contribution >= 4 is 37.5 Å². The number of para-hydroxylation sites is 1. The second kappa shape index (κ2) is 8.55. The average Bonchev–Trinajstić information content (AvgIpc) is 2.61. The summed E-state index contributed by atoms with van der Waals surface area (Å²) in [6.07, 6.45) is 0.777. The maximum Gasteiger partial charge on any atom is 0.261 e. The molecular weight excluding hydrogens is 420 g/mol. The lowest BCUT2D eigenvalue weighted by Gasteiger charge is -2.15. The van der Waals surface area contributed by atoms with Gasteiger partial charge in [-0.1, -0.05) is 19.1 Å². The molecule has 0 aromatic heterocycles. The summed E-state index contributed by atoms with van der Waals surface area (Å²) in [5.74, 6) is 0.200. The largest absolute Gasteiger partial charge is 0.496 e. The quantitative estimate of drug-likeness (QED) is 0.685. The van der Waals surface area contributed by atoms with Crippen molar-refractivity contribution in [3.8, 4) is 5.75 Å². The van der Waals surface area contributed by atoms with Crippen molar-refractivity contribution in [2.75, 3.05) is 11.8 Å². The number of benzene rings is 2. The minimum atomic E-state index is -3.87. The number of sulfonamides is 1. The van der Waals surface area contributed by atoms with Crippen LogP contribution in [0.4, 0.5) is 5.69 Å². The molecule has 0 saturated heterocycles. The van der Waals surface area contributed by atoms with Gasteiger partial charge in [-0.2, -0.15) is 0 Å². The standard InChI is InChI=1S/C18H21BrN2O4S/c1-4-12(2)20-18(22)14-7-5-6-8-16(14)21-26(23,24)13-9-10-17(25-3)15(19)11-13/h5-12,21H,4H2,1-3H3,(H,20,22)/t12-/m1/s1. The summed E-state index contributed by atoms with van der Waals surface area (Å²) >= 11 is 3.28. The van der Waals surface area contributed by atoms with E-state index in [9.17, 15) is 13.2 Å². The van der Waals surface area contributed by atoms with Crippen molar-refractivity contribution in [3.05, 3.63) is 52.5 Å². The van der Waals surface area contributed by atoms with E-state index >= 15 is 0 Å². The normalized spacial score (nSPS) is 12.3. The van der Waals surface area contributed by atoms with E-state index in [-0.39, 0.29) is 28.1 Å². The van der Waals surface area contributed by atoms with Crippen LogP contribution in [0.3, 0.4) is 0 Å². The molecule has 0 saturated carbocycles. The Morgan fingerprint density at radius 1 is 1.23 bits per heavy atom. The van der Waals surface area contributed by atoms with E-state index in [1.165, 1.54) is 19.2 Å². The molecule has 0 aliphatic carbocycles. The summed E-state index contributed by atoms with van der Waals surface area (Å²) in [5, 5.41) is 2.84. The zero-order valence-corrected chi connectivity index (χ0v) is 17.1. The number of halogens is 1. The predicted octanol–water partition coefficient (Wildman–Crippen LogP) is 3.79. The zero-order valence-electron chi connectivity index (χ0n) is 14.7. The van der Waals surface area contributed by atoms with Gasteiger partial charge in [0.2, 0.25) is 0 Å². The molecule has 2 rings (SSSR count). The molecule has 0 heterocycles. The molecule has 6 nitrogen and oxygen atoms in total. The van der Waals surface area contributed by atoms with Gasteiger partial charge in [-0.05, 0) is 59.6 Å². The van der Waals surface area contributed by atoms with Crippen molar-refractivity contribution < 1.29 is 17.9 Å². The van der Waals surface area contributed by atoms with E-state index < -0.39 is 10.0 Å². The van der Waals surface area contributed by atoms with Gasteiger partial charge < -0.3 is 10.1 Å². The third kappa shape index (κ3) is 4.76. The molecule has 0 fully saturated rings. The van der Waals surface area contributed by atoms with Crippen molar-refractivity contribution in [1.82, 2.24) is 5.32 Å². The second-order valence-corrected chi connectivity index (χ2v) is 8.27. The van der Waals surface area contributed by atoms with Crippen LogP contribution in [0.25, 0.3) is 0 Å². The summed E-state index contributed by atoms with van der Waals surface area (Å²) in [5.41, 5.74) is 0.490. The monoisotopic (exact) mass is 440 g/mol. The van der Waals surface area contributed by atoms with Gasteiger partial charge in [0.25, 0.3) is 15.9 Å². The van der Waals surface area contributed by atoms with Gasteiger partial charge in [-0.3, -0.25) is 9.52 Å². The highest BCUT2D eigenvalue weighted by Gasteiger charge is 2.20. The molecule has 0 bridgehead atoms. The topological polar surface area (TPSA) is 84.5 Å². The fraction of sp³-hybridized carbons (Fsp3) is 0.278. The summed E-state index contributed by atoms with van der Waals surface area (Å²) in [7, 11) is -2.37. The lowest BCUT2D eigenvalue weighted by Crippen LogP contribution is -2.32. The van der Waals surface area contributed by atoms with Crippen LogP contribution in [-0.4, -0.2) is 27.5 Å². The first kappa shape index (κ1) is 20.3. The van der Waals surface area contributed by atoms with E-state index in [1.54, 1.807) is 30.3 Å². The highest BCUT2D eigenvalue weighted by Crippen LogP contribution is 2.28. The fourth-order valence-corrected chi connectivity index (χ4v) is 3.99. The second-order valence-electron chi connectivity index (χ2n) is 5.73. The van der Waals surface area contributed by atoms with Crippen molar-refractivity contribution in [2.45, 2.75) is 31.2 Å². The Kier molecular flexibility index (Phi) is 6.66. The maximum absolute atomic E-state index is 12.7. The third-order valence-corrected chi connectivity index (χ3v) is 5.82. The first-order chi connectivity index (χ1) is 12.3. The van der Waals surface area contributed by atoms with E-state index in [0.29, 0.717) is 10.2 Å². The number of anilines is 1. The number of amides is 1. The van der Waals surface area contributed by atoms with Gasteiger partial charge in [0.1, 0.15) is 5.75 Å². The van der Waals surface area contributed by atoms with Crippen LogP contribution in [0.15, 0.2) is 51.8 Å². The molecule has 2 aromatic rings. The number of nitrogens with one attached hydrogen (secondary N) is 2. The molecule has 0 radical (unpaired) electrons. The van der Waals surface area contributed by atoms with E-state index in [2.05, 4.69) is 26.0 Å². The van der Waals surface area contributed by atoms with Gasteiger partial charge in [0.15, 0.2) is 0 Å². The zero-order chi connectivity index (χ0) is 19.3. The molecule has 1 amide bonds. The van der Waals surface area contributed by atoms with E-state index in [0.717, 1.165) is 6.42 Å². The molecule has 140 valence electrons. The van der Waals surface area contributed by atoms with Crippen LogP contribution in [0.5, 0.6) is 5.75 Å². The maximum atomic E-state index is 12.7. The lowest BCUT2D eigenvalue weighted by atomic mass is 10.1. The van der Waals surface area contributed by atoms with Crippen molar-refractivity contribution in [1.29, 1.82) is 0 Å². The van der Waals surface area contributed by atoms with Gasteiger partial charge in [0.05, 0.1) is 27.7 Å². The molecule has 0 aliphatic heterocycles. The third-order valence-electron chi connectivity index (χ3n) is 3.84. The molecule has 2 N–H and O–H groups in total. The lowest BCUT2D eigenvalue weighted by molar-refractivity contribution is 0.0940. The van der Waals surface area contributed by atoms with E-state index in [4.69, 9.17) is 4.74 Å². The molecule has 0 aliphatic rings. The van der Waals surface area contributed by atoms with Crippen LogP contribution in [0.2, 0.25) is 0 Å². The SMILES string of the molecule is CC[C@@H](C)NC(=O)c1ccccc1NS(=O)(=O)c1ccc(OC)c(Br)c1. The van der Waals surface area contributed by atoms with Gasteiger partial charge >= 0.3 is 0 Å². The molecule has 1 atom stereocenters. The molecular formula is C18H21BrN2O4S. The van der Waals surface area contributed by atoms with Gasteiger partial charge in [-0.25, -0.2) is 8.42 Å². The number of carbonyl (C=O) groups excluding carboxylic acids is 1. The van der Waals surface area contributed by atoms with Gasteiger partial charge in [-0.15, -0.1) is 0 Å². The Morgan fingerprint density at radius 3 is 2.54 bits per heavy atom. The van der Waals surface area contributed by atoms with Crippen LogP contribution < -0.4 is 14.8 Å². The molecule has 26 heavy (non-hydrogen) atoms. The minimum Gasteiger partial charge on any atom is -0.496 e. The minimum absolute atomic E-state index is 0.00953. The number of ether oxygens (including phenoxy) is 1. The van der Waals surface area contributed by atoms with Crippen LogP contribution >= 0.6 is 15.9 Å². The molecule has 8 heteroatoms. The Morgan fingerprint density at radius 2 is 1.92 bits per heavy atom. The molecule has 2 aromatic carbocycles. The Bertz CT molecular complexity index is 900. The highest BCUT2D eigenvalue weighted by atomic mass is 79.9. The first-order valence-electron chi connectivity index (χ1n) is 8.04. The Balaban J connectivity index is 2.33. The molecule has 0 unspecified atom stereocenters. The fourth-order valence-electron chi connectivity index (χ4n) is 2.19. The van der Waals surface area contributed by atoms with Crippen LogP contribution in [0, 0.1) is 0 Å². The predicted molar refractivity (Wildman–Crippen MR) is 105 cm³/mol. The first-order valence-corrected chi connectivity index (χ1v) is 10.3. The smallest absolute Gasteiger partial charge is 0.261 e. The Hall–Kier alpha value is -2.06. The number of carbonyl (C=O) groups is 1.